The van der Waals surface area contributed by atoms with Crippen LogP contribution in [-0.4, -0.2) is 12.1 Å². The third kappa shape index (κ3) is 5.16. The van der Waals surface area contributed by atoms with Gasteiger partial charge in [-0.25, -0.2) is 5.43 Å². The molecule has 0 saturated carbocycles. The molecule has 0 heterocycles. The molecule has 3 rings (SSSR count). The van der Waals surface area contributed by atoms with Crippen LogP contribution < -0.4 is 10.2 Å². The minimum absolute atomic E-state index is 0.234. The Morgan fingerprint density at radius 3 is 2.58 bits per heavy atom. The van der Waals surface area contributed by atoms with Gasteiger partial charge in [-0.05, 0) is 58.0 Å². The highest BCUT2D eigenvalue weighted by Crippen LogP contribution is 2.14. The number of benzene rings is 3. The average molecular weight is 456 g/mol. The summed E-state index contributed by atoms with van der Waals surface area (Å²) < 4.78 is 6.68. The fourth-order valence-corrected chi connectivity index (χ4v) is 2.93. The van der Waals surface area contributed by atoms with E-state index in [1.165, 1.54) is 0 Å². The molecule has 1 amide bonds. The third-order valence-electron chi connectivity index (χ3n) is 3.60. The van der Waals surface area contributed by atoms with E-state index in [9.17, 15) is 4.79 Å². The van der Waals surface area contributed by atoms with Gasteiger partial charge in [0.2, 0.25) is 0 Å². The molecule has 3 aromatic carbocycles. The lowest BCUT2D eigenvalue weighted by Crippen LogP contribution is -2.18. The highest BCUT2D eigenvalue weighted by molar-refractivity contribution is 14.1. The maximum Gasteiger partial charge on any atom is 0.272 e. The van der Waals surface area contributed by atoms with E-state index in [0.29, 0.717) is 12.2 Å². The predicted octanol–water partition coefficient (Wildman–Crippen LogP) is 4.63. The van der Waals surface area contributed by atoms with E-state index in [1.54, 1.807) is 12.3 Å². The van der Waals surface area contributed by atoms with Crippen molar-refractivity contribution in [2.75, 3.05) is 0 Å². The van der Waals surface area contributed by atoms with Gasteiger partial charge in [0.05, 0.1) is 11.8 Å². The van der Waals surface area contributed by atoms with Crippen LogP contribution in [0.4, 0.5) is 0 Å². The van der Waals surface area contributed by atoms with Gasteiger partial charge in [-0.3, -0.25) is 4.79 Å². The van der Waals surface area contributed by atoms with Gasteiger partial charge in [-0.2, -0.15) is 5.10 Å². The quantitative estimate of drug-likeness (QED) is 0.334. The van der Waals surface area contributed by atoms with Crippen LogP contribution in [-0.2, 0) is 6.61 Å². The molecule has 130 valence electrons. The van der Waals surface area contributed by atoms with Crippen molar-refractivity contribution in [3.63, 3.8) is 0 Å². The SMILES string of the molecule is O=C(NN=Cc1cccc(OCc2ccccc2)c1)c1ccccc1I. The van der Waals surface area contributed by atoms with Crippen LogP contribution in [0.25, 0.3) is 0 Å². The summed E-state index contributed by atoms with van der Waals surface area (Å²) in [5.41, 5.74) is 5.11. The summed E-state index contributed by atoms with van der Waals surface area (Å²) in [4.78, 5) is 12.1. The lowest BCUT2D eigenvalue weighted by molar-refractivity contribution is 0.0954. The van der Waals surface area contributed by atoms with Crippen molar-refractivity contribution < 1.29 is 9.53 Å². The van der Waals surface area contributed by atoms with Crippen molar-refractivity contribution in [1.82, 2.24) is 5.43 Å². The number of hydrazone groups is 1. The Kier molecular flexibility index (Phi) is 6.38. The van der Waals surface area contributed by atoms with Crippen LogP contribution in [0, 0.1) is 3.57 Å². The standard InChI is InChI=1S/C21H17IN2O2/c22-20-12-5-4-11-19(20)21(25)24-23-14-17-9-6-10-18(13-17)26-15-16-7-2-1-3-8-16/h1-14H,15H2,(H,24,25). The van der Waals surface area contributed by atoms with Crippen LogP contribution in [0.2, 0.25) is 0 Å². The number of nitrogens with one attached hydrogen (secondary N) is 1. The number of rotatable bonds is 6. The summed E-state index contributed by atoms with van der Waals surface area (Å²) >= 11 is 2.13. The van der Waals surface area contributed by atoms with Crippen molar-refractivity contribution in [2.45, 2.75) is 6.61 Å². The highest BCUT2D eigenvalue weighted by Gasteiger charge is 2.07. The molecule has 0 fully saturated rings. The van der Waals surface area contributed by atoms with Crippen LogP contribution in [0.15, 0.2) is 84.0 Å². The average Bonchev–Trinajstić information content (AvgIpc) is 2.68. The normalized spacial score (nSPS) is 10.7. The highest BCUT2D eigenvalue weighted by atomic mass is 127. The first-order chi connectivity index (χ1) is 12.7. The first kappa shape index (κ1) is 18.1. The van der Waals surface area contributed by atoms with E-state index in [1.807, 2.05) is 72.8 Å². The minimum atomic E-state index is -0.234. The van der Waals surface area contributed by atoms with E-state index < -0.39 is 0 Å². The van der Waals surface area contributed by atoms with Gasteiger partial charge in [0.1, 0.15) is 12.4 Å². The van der Waals surface area contributed by atoms with E-state index in [-0.39, 0.29) is 5.91 Å². The Morgan fingerprint density at radius 1 is 1.00 bits per heavy atom. The van der Waals surface area contributed by atoms with Gasteiger partial charge < -0.3 is 4.74 Å². The van der Waals surface area contributed by atoms with Gasteiger partial charge in [0.25, 0.3) is 5.91 Å². The third-order valence-corrected chi connectivity index (χ3v) is 4.55. The number of carbonyl (C=O) groups is 1. The van der Waals surface area contributed by atoms with Crippen molar-refractivity contribution in [3.05, 3.63) is 99.1 Å². The lowest BCUT2D eigenvalue weighted by Gasteiger charge is -2.07. The molecular weight excluding hydrogens is 439 g/mol. The maximum absolute atomic E-state index is 12.1. The molecule has 0 atom stereocenters. The number of carbonyl (C=O) groups excluding carboxylic acids is 1. The smallest absolute Gasteiger partial charge is 0.272 e. The largest absolute Gasteiger partial charge is 0.489 e. The van der Waals surface area contributed by atoms with Crippen LogP contribution in [0.1, 0.15) is 21.5 Å². The predicted molar refractivity (Wildman–Crippen MR) is 111 cm³/mol. The molecular formula is C21H17IN2O2. The zero-order valence-corrected chi connectivity index (χ0v) is 16.1. The molecule has 4 nitrogen and oxygen atoms in total. The van der Waals surface area contributed by atoms with Crippen LogP contribution in [0.3, 0.4) is 0 Å². The summed E-state index contributed by atoms with van der Waals surface area (Å²) in [5, 5.41) is 4.03. The van der Waals surface area contributed by atoms with Gasteiger partial charge in [-0.15, -0.1) is 0 Å². The van der Waals surface area contributed by atoms with E-state index in [2.05, 4.69) is 33.1 Å². The fraction of sp³-hybridized carbons (Fsp3) is 0.0476. The Bertz CT molecular complexity index is 911. The molecule has 1 N–H and O–H groups in total. The number of ether oxygens (including phenoxy) is 1. The Hall–Kier alpha value is -2.67. The monoisotopic (exact) mass is 456 g/mol. The molecule has 0 aliphatic rings. The van der Waals surface area contributed by atoms with Crippen molar-refractivity contribution in [1.29, 1.82) is 0 Å². The van der Waals surface area contributed by atoms with E-state index >= 15 is 0 Å². The van der Waals surface area contributed by atoms with Crippen LogP contribution in [0.5, 0.6) is 5.75 Å². The molecule has 0 spiro atoms. The summed E-state index contributed by atoms with van der Waals surface area (Å²) in [6, 6.07) is 24.9. The zero-order chi connectivity index (χ0) is 18.2. The first-order valence-electron chi connectivity index (χ1n) is 8.07. The molecule has 0 aliphatic heterocycles. The van der Waals surface area contributed by atoms with Gasteiger partial charge >= 0.3 is 0 Å². The zero-order valence-electron chi connectivity index (χ0n) is 13.9. The van der Waals surface area contributed by atoms with Crippen LogP contribution >= 0.6 is 22.6 Å². The maximum atomic E-state index is 12.1. The molecule has 3 aromatic rings. The molecule has 5 heteroatoms. The molecule has 0 aromatic heterocycles. The first-order valence-corrected chi connectivity index (χ1v) is 9.15. The topological polar surface area (TPSA) is 50.7 Å². The molecule has 0 aliphatic carbocycles. The molecule has 0 radical (unpaired) electrons. The molecule has 0 saturated heterocycles. The Balaban J connectivity index is 1.59. The fourth-order valence-electron chi connectivity index (χ4n) is 2.30. The number of halogens is 1. The van der Waals surface area contributed by atoms with E-state index in [4.69, 9.17) is 4.74 Å². The lowest BCUT2D eigenvalue weighted by atomic mass is 10.2. The number of amides is 1. The second kappa shape index (κ2) is 9.15. The molecule has 0 bridgehead atoms. The summed E-state index contributed by atoms with van der Waals surface area (Å²) in [7, 11) is 0. The van der Waals surface area contributed by atoms with Gasteiger partial charge in [0, 0.05) is 3.57 Å². The Morgan fingerprint density at radius 2 is 1.77 bits per heavy atom. The number of hydrogen-bond donors (Lipinski definition) is 1. The molecule has 0 unspecified atom stereocenters. The summed E-state index contributed by atoms with van der Waals surface area (Å²) in [6.45, 7) is 0.505. The summed E-state index contributed by atoms with van der Waals surface area (Å²) in [5.74, 6) is 0.518. The van der Waals surface area contributed by atoms with E-state index in [0.717, 1.165) is 20.4 Å². The van der Waals surface area contributed by atoms with Crippen molar-refractivity contribution in [2.24, 2.45) is 5.10 Å². The van der Waals surface area contributed by atoms with Gasteiger partial charge in [0.15, 0.2) is 0 Å². The second-order valence-corrected chi connectivity index (χ2v) is 6.69. The Labute approximate surface area is 166 Å². The minimum Gasteiger partial charge on any atom is -0.489 e. The van der Waals surface area contributed by atoms with Crippen molar-refractivity contribution in [3.8, 4) is 5.75 Å². The number of nitrogens with zero attached hydrogens (tertiary/aromatic N) is 1. The summed E-state index contributed by atoms with van der Waals surface area (Å²) in [6.07, 6.45) is 1.60. The van der Waals surface area contributed by atoms with Crippen molar-refractivity contribution >= 4 is 34.7 Å². The number of hydrogen-bond acceptors (Lipinski definition) is 3. The second-order valence-electron chi connectivity index (χ2n) is 5.53. The van der Waals surface area contributed by atoms with Gasteiger partial charge in [-0.1, -0.05) is 54.6 Å². The molecule has 26 heavy (non-hydrogen) atoms.